The van der Waals surface area contributed by atoms with Gasteiger partial charge in [0.05, 0.1) is 11.4 Å². The molecular formula is C13H17N5OS. The highest BCUT2D eigenvalue weighted by molar-refractivity contribution is 7.98. The summed E-state index contributed by atoms with van der Waals surface area (Å²) in [5.74, 6) is -0.129. The molecule has 0 spiro atoms. The molecule has 3 N–H and O–H groups in total. The first-order chi connectivity index (χ1) is 9.72. The van der Waals surface area contributed by atoms with E-state index >= 15 is 0 Å². The zero-order chi connectivity index (χ0) is 14.4. The van der Waals surface area contributed by atoms with Crippen molar-refractivity contribution in [3.8, 4) is 0 Å². The summed E-state index contributed by atoms with van der Waals surface area (Å²) in [6, 6.07) is 7.68. The Kier molecular flexibility index (Phi) is 5.14. The Morgan fingerprint density at radius 2 is 2.25 bits per heavy atom. The van der Waals surface area contributed by atoms with Crippen LogP contribution in [0, 0.1) is 0 Å². The molecular weight excluding hydrogens is 274 g/mol. The third kappa shape index (κ3) is 3.82. The number of hydrogen-bond donors (Lipinski definition) is 2. The maximum absolute atomic E-state index is 12.0. The molecule has 20 heavy (non-hydrogen) atoms. The summed E-state index contributed by atoms with van der Waals surface area (Å²) < 4.78 is 1.52. The smallest absolute Gasteiger partial charge is 0.246 e. The Morgan fingerprint density at radius 1 is 1.45 bits per heavy atom. The summed E-state index contributed by atoms with van der Waals surface area (Å²) in [6.07, 6.45) is 4.38. The third-order valence-electron chi connectivity index (χ3n) is 2.67. The molecule has 0 aliphatic rings. The van der Waals surface area contributed by atoms with Crippen molar-refractivity contribution in [2.45, 2.75) is 17.9 Å². The van der Waals surface area contributed by atoms with Crippen molar-refractivity contribution in [1.29, 1.82) is 0 Å². The van der Waals surface area contributed by atoms with Gasteiger partial charge in [-0.25, -0.2) is 4.68 Å². The molecule has 1 amide bonds. The van der Waals surface area contributed by atoms with Crippen LogP contribution in [0.25, 0.3) is 0 Å². The van der Waals surface area contributed by atoms with Crippen LogP contribution in [0.4, 0.5) is 5.69 Å². The second-order valence-electron chi connectivity index (χ2n) is 4.19. The molecule has 0 unspecified atom stereocenters. The molecule has 6 nitrogen and oxygen atoms in total. The molecule has 106 valence electrons. The Hall–Kier alpha value is -1.86. The standard InChI is InChI=1S/C13H17N5OS/c1-20-12-5-3-2-4-11(12)15-13(19)9-18-8-10(6-7-14)16-17-18/h2-5,8H,6-7,9,14H2,1H3,(H,15,19). The van der Waals surface area contributed by atoms with Gasteiger partial charge in [-0.3, -0.25) is 4.79 Å². The van der Waals surface area contributed by atoms with Gasteiger partial charge in [0, 0.05) is 17.5 Å². The van der Waals surface area contributed by atoms with Crippen molar-refractivity contribution in [3.05, 3.63) is 36.2 Å². The van der Waals surface area contributed by atoms with Crippen molar-refractivity contribution >= 4 is 23.4 Å². The van der Waals surface area contributed by atoms with Gasteiger partial charge in [-0.05, 0) is 24.9 Å². The number of nitrogens with zero attached hydrogens (tertiary/aromatic N) is 3. The zero-order valence-corrected chi connectivity index (χ0v) is 12.1. The van der Waals surface area contributed by atoms with Crippen molar-refractivity contribution in [2.24, 2.45) is 5.73 Å². The lowest BCUT2D eigenvalue weighted by Gasteiger charge is -2.08. The van der Waals surface area contributed by atoms with Crippen LogP contribution in [-0.2, 0) is 17.8 Å². The number of nitrogens with two attached hydrogens (primary N) is 1. The van der Waals surface area contributed by atoms with Crippen LogP contribution in [0.5, 0.6) is 0 Å². The van der Waals surface area contributed by atoms with Gasteiger partial charge in [0.1, 0.15) is 6.54 Å². The van der Waals surface area contributed by atoms with Gasteiger partial charge < -0.3 is 11.1 Å². The van der Waals surface area contributed by atoms with Gasteiger partial charge in [-0.15, -0.1) is 16.9 Å². The minimum Gasteiger partial charge on any atom is -0.330 e. The highest BCUT2D eigenvalue weighted by Gasteiger charge is 2.08. The predicted octanol–water partition coefficient (Wildman–Crippen LogP) is 1.14. The number of para-hydroxylation sites is 1. The molecule has 2 rings (SSSR count). The van der Waals surface area contributed by atoms with Crippen LogP contribution >= 0.6 is 11.8 Å². The zero-order valence-electron chi connectivity index (χ0n) is 11.2. The monoisotopic (exact) mass is 291 g/mol. The predicted molar refractivity (Wildman–Crippen MR) is 79.6 cm³/mol. The summed E-state index contributed by atoms with van der Waals surface area (Å²) in [4.78, 5) is 13.0. The first kappa shape index (κ1) is 14.5. The molecule has 0 aliphatic carbocycles. The summed E-state index contributed by atoms with van der Waals surface area (Å²) in [7, 11) is 0. The lowest BCUT2D eigenvalue weighted by molar-refractivity contribution is -0.116. The summed E-state index contributed by atoms with van der Waals surface area (Å²) in [6.45, 7) is 0.659. The van der Waals surface area contributed by atoms with Crippen molar-refractivity contribution in [1.82, 2.24) is 15.0 Å². The second kappa shape index (κ2) is 7.06. The van der Waals surface area contributed by atoms with E-state index in [0.29, 0.717) is 13.0 Å². The fourth-order valence-electron chi connectivity index (χ4n) is 1.76. The molecule has 0 radical (unpaired) electrons. The maximum atomic E-state index is 12.0. The van der Waals surface area contributed by atoms with E-state index in [1.807, 2.05) is 30.5 Å². The van der Waals surface area contributed by atoms with Crippen molar-refractivity contribution < 1.29 is 4.79 Å². The van der Waals surface area contributed by atoms with Gasteiger partial charge in [0.25, 0.3) is 0 Å². The van der Waals surface area contributed by atoms with E-state index in [1.54, 1.807) is 18.0 Å². The topological polar surface area (TPSA) is 85.8 Å². The molecule has 0 saturated heterocycles. The first-order valence-corrected chi connectivity index (χ1v) is 7.47. The first-order valence-electron chi connectivity index (χ1n) is 6.25. The van der Waals surface area contributed by atoms with Gasteiger partial charge in [-0.1, -0.05) is 17.3 Å². The number of carbonyl (C=O) groups excluding carboxylic acids is 1. The highest BCUT2D eigenvalue weighted by atomic mass is 32.2. The van der Waals surface area contributed by atoms with Crippen LogP contribution in [0.1, 0.15) is 5.69 Å². The minimum absolute atomic E-state index is 0.129. The second-order valence-corrected chi connectivity index (χ2v) is 5.04. The molecule has 7 heteroatoms. The third-order valence-corrected chi connectivity index (χ3v) is 3.47. The Labute approximate surface area is 121 Å². The van der Waals surface area contributed by atoms with Crippen LogP contribution in [0.15, 0.2) is 35.4 Å². The number of carbonyl (C=O) groups is 1. The van der Waals surface area contributed by atoms with Crippen LogP contribution in [0.2, 0.25) is 0 Å². The van der Waals surface area contributed by atoms with E-state index in [1.165, 1.54) is 4.68 Å². The number of rotatable bonds is 6. The number of aromatic nitrogens is 3. The van der Waals surface area contributed by atoms with Gasteiger partial charge in [-0.2, -0.15) is 0 Å². The van der Waals surface area contributed by atoms with E-state index in [-0.39, 0.29) is 12.5 Å². The fourth-order valence-corrected chi connectivity index (χ4v) is 2.32. The Bertz CT molecular complexity index is 584. The lowest BCUT2D eigenvalue weighted by atomic mass is 10.3. The average molecular weight is 291 g/mol. The van der Waals surface area contributed by atoms with E-state index in [9.17, 15) is 4.79 Å². The van der Waals surface area contributed by atoms with Gasteiger partial charge in [0.2, 0.25) is 5.91 Å². The van der Waals surface area contributed by atoms with Gasteiger partial charge in [0.15, 0.2) is 0 Å². The molecule has 0 saturated carbocycles. The number of benzene rings is 1. The van der Waals surface area contributed by atoms with E-state index in [0.717, 1.165) is 16.3 Å². The highest BCUT2D eigenvalue weighted by Crippen LogP contribution is 2.24. The number of anilines is 1. The summed E-state index contributed by atoms with van der Waals surface area (Å²) >= 11 is 1.59. The Balaban J connectivity index is 1.97. The van der Waals surface area contributed by atoms with E-state index in [2.05, 4.69) is 15.6 Å². The fraction of sp³-hybridized carbons (Fsp3) is 0.308. The Morgan fingerprint density at radius 3 is 3.00 bits per heavy atom. The maximum Gasteiger partial charge on any atom is 0.246 e. The van der Waals surface area contributed by atoms with Crippen LogP contribution in [-0.4, -0.2) is 33.7 Å². The van der Waals surface area contributed by atoms with E-state index in [4.69, 9.17) is 5.73 Å². The number of hydrogen-bond acceptors (Lipinski definition) is 5. The number of thioether (sulfide) groups is 1. The molecule has 0 atom stereocenters. The molecule has 2 aromatic rings. The molecule has 1 heterocycles. The molecule has 1 aromatic heterocycles. The van der Waals surface area contributed by atoms with Crippen LogP contribution in [0.3, 0.4) is 0 Å². The number of amides is 1. The number of nitrogens with one attached hydrogen (secondary N) is 1. The molecule has 0 bridgehead atoms. The lowest BCUT2D eigenvalue weighted by Crippen LogP contribution is -2.19. The molecule has 1 aromatic carbocycles. The minimum atomic E-state index is -0.129. The molecule has 0 fully saturated rings. The van der Waals surface area contributed by atoms with Crippen LogP contribution < -0.4 is 11.1 Å². The summed E-state index contributed by atoms with van der Waals surface area (Å²) in [5.41, 5.74) is 7.05. The van der Waals surface area contributed by atoms with Crippen molar-refractivity contribution in [2.75, 3.05) is 18.1 Å². The van der Waals surface area contributed by atoms with E-state index < -0.39 is 0 Å². The molecule has 0 aliphatic heterocycles. The average Bonchev–Trinajstić information content (AvgIpc) is 2.87. The largest absolute Gasteiger partial charge is 0.330 e. The normalized spacial score (nSPS) is 10.5. The SMILES string of the molecule is CSc1ccccc1NC(=O)Cn1cc(CCN)nn1. The quantitative estimate of drug-likeness (QED) is 0.780. The van der Waals surface area contributed by atoms with Gasteiger partial charge >= 0.3 is 0 Å². The van der Waals surface area contributed by atoms with Crippen molar-refractivity contribution in [3.63, 3.8) is 0 Å². The summed E-state index contributed by atoms with van der Waals surface area (Å²) in [5, 5.41) is 10.7.